The van der Waals surface area contributed by atoms with Gasteiger partial charge in [-0.05, 0) is 37.7 Å². The number of thioether (sulfide) groups is 1. The maximum Gasteiger partial charge on any atom is 0.276 e. The van der Waals surface area contributed by atoms with Crippen LogP contribution in [0.3, 0.4) is 0 Å². The molecule has 0 unspecified atom stereocenters. The molecule has 2 aliphatic rings. The van der Waals surface area contributed by atoms with Crippen molar-refractivity contribution in [2.45, 2.75) is 32.2 Å². The van der Waals surface area contributed by atoms with Crippen LogP contribution in [0.5, 0.6) is 0 Å². The predicted molar refractivity (Wildman–Crippen MR) is 83.7 cm³/mol. The lowest BCUT2D eigenvalue weighted by molar-refractivity contribution is 0.0747. The van der Waals surface area contributed by atoms with Crippen LogP contribution in [0.15, 0.2) is 10.6 Å². The minimum absolute atomic E-state index is 0.00731. The van der Waals surface area contributed by atoms with E-state index in [-0.39, 0.29) is 5.91 Å². The number of rotatable bonds is 2. The molecule has 0 aliphatic carbocycles. The Morgan fingerprint density at radius 2 is 2.10 bits per heavy atom. The molecular formula is C15H23N3O2S. The Labute approximate surface area is 130 Å². The summed E-state index contributed by atoms with van der Waals surface area (Å²) in [5, 5.41) is 3.85. The van der Waals surface area contributed by atoms with E-state index in [1.807, 2.05) is 11.8 Å². The second kappa shape index (κ2) is 6.83. The molecule has 0 saturated carbocycles. The summed E-state index contributed by atoms with van der Waals surface area (Å²) >= 11 is 2.06. The van der Waals surface area contributed by atoms with Gasteiger partial charge in [0, 0.05) is 38.3 Å². The van der Waals surface area contributed by atoms with E-state index < -0.39 is 0 Å². The largest absolute Gasteiger partial charge is 0.361 e. The zero-order valence-electron chi connectivity index (χ0n) is 12.6. The lowest BCUT2D eigenvalue weighted by Crippen LogP contribution is -2.41. The molecular weight excluding hydrogens is 286 g/mol. The summed E-state index contributed by atoms with van der Waals surface area (Å²) < 4.78 is 5.01. The highest BCUT2D eigenvalue weighted by Crippen LogP contribution is 2.23. The molecule has 0 spiro atoms. The molecule has 21 heavy (non-hydrogen) atoms. The number of carbonyl (C=O) groups excluding carboxylic acids is 1. The van der Waals surface area contributed by atoms with Crippen LogP contribution in [0.1, 0.15) is 35.5 Å². The van der Waals surface area contributed by atoms with Crippen LogP contribution in [0.25, 0.3) is 0 Å². The van der Waals surface area contributed by atoms with E-state index in [0.29, 0.717) is 11.5 Å². The van der Waals surface area contributed by atoms with Crippen LogP contribution in [0.4, 0.5) is 0 Å². The Balaban J connectivity index is 1.58. The zero-order chi connectivity index (χ0) is 14.7. The van der Waals surface area contributed by atoms with Crippen molar-refractivity contribution >= 4 is 17.7 Å². The lowest BCUT2D eigenvalue weighted by atomic mass is 10.1. The molecule has 0 radical (unpaired) electrons. The first kappa shape index (κ1) is 14.9. The fourth-order valence-corrected chi connectivity index (χ4v) is 4.27. The van der Waals surface area contributed by atoms with Gasteiger partial charge in [0.25, 0.3) is 5.91 Å². The summed E-state index contributed by atoms with van der Waals surface area (Å²) in [6, 6.07) is 2.44. The van der Waals surface area contributed by atoms with Crippen molar-refractivity contribution in [1.82, 2.24) is 15.0 Å². The molecule has 2 saturated heterocycles. The first-order chi connectivity index (χ1) is 10.2. The number of aryl methyl sites for hydroxylation is 1. The fraction of sp³-hybridized carbons (Fsp3) is 0.733. The van der Waals surface area contributed by atoms with Crippen molar-refractivity contribution in [3.05, 3.63) is 17.5 Å². The molecule has 0 bridgehead atoms. The average molecular weight is 309 g/mol. The van der Waals surface area contributed by atoms with Gasteiger partial charge in [0.1, 0.15) is 5.76 Å². The van der Waals surface area contributed by atoms with Gasteiger partial charge in [-0.1, -0.05) is 5.16 Å². The van der Waals surface area contributed by atoms with E-state index in [0.717, 1.165) is 38.6 Å². The minimum atomic E-state index is 0.00731. The maximum atomic E-state index is 12.4. The van der Waals surface area contributed by atoms with Crippen molar-refractivity contribution < 1.29 is 9.32 Å². The standard InChI is InChI=1S/C15H23N3O2S/c1-12-11-14(16-20-12)15(19)18-6-2-5-17(7-8-18)13-3-9-21-10-4-13/h11,13H,2-10H2,1H3. The monoisotopic (exact) mass is 309 g/mol. The quantitative estimate of drug-likeness (QED) is 0.836. The van der Waals surface area contributed by atoms with E-state index >= 15 is 0 Å². The van der Waals surface area contributed by atoms with Crippen molar-refractivity contribution in [3.63, 3.8) is 0 Å². The highest BCUT2D eigenvalue weighted by molar-refractivity contribution is 7.99. The number of hydrogen-bond acceptors (Lipinski definition) is 5. The molecule has 1 amide bonds. The van der Waals surface area contributed by atoms with Crippen LogP contribution in [0, 0.1) is 6.92 Å². The molecule has 2 aliphatic heterocycles. The zero-order valence-corrected chi connectivity index (χ0v) is 13.4. The number of hydrogen-bond donors (Lipinski definition) is 0. The molecule has 5 nitrogen and oxygen atoms in total. The average Bonchev–Trinajstić information content (AvgIpc) is 2.81. The Hall–Kier alpha value is -1.01. The van der Waals surface area contributed by atoms with E-state index in [2.05, 4.69) is 21.8 Å². The van der Waals surface area contributed by atoms with Crippen molar-refractivity contribution in [3.8, 4) is 0 Å². The van der Waals surface area contributed by atoms with Gasteiger partial charge in [0.15, 0.2) is 5.69 Å². The van der Waals surface area contributed by atoms with Gasteiger partial charge < -0.3 is 9.42 Å². The van der Waals surface area contributed by atoms with Crippen LogP contribution >= 0.6 is 11.8 Å². The predicted octanol–water partition coefficient (Wildman–Crippen LogP) is 2.03. The fourth-order valence-electron chi connectivity index (χ4n) is 3.19. The molecule has 1 aromatic heterocycles. The minimum Gasteiger partial charge on any atom is -0.361 e. The molecule has 3 heterocycles. The van der Waals surface area contributed by atoms with Crippen molar-refractivity contribution in [2.75, 3.05) is 37.7 Å². The van der Waals surface area contributed by atoms with Gasteiger partial charge in [-0.15, -0.1) is 0 Å². The molecule has 0 N–H and O–H groups in total. The molecule has 3 rings (SSSR count). The third-order valence-corrected chi connectivity index (χ3v) is 5.42. The smallest absolute Gasteiger partial charge is 0.276 e. The number of aromatic nitrogens is 1. The van der Waals surface area contributed by atoms with Gasteiger partial charge in [-0.3, -0.25) is 9.69 Å². The van der Waals surface area contributed by atoms with Gasteiger partial charge in [0.2, 0.25) is 0 Å². The van der Waals surface area contributed by atoms with Crippen molar-refractivity contribution in [1.29, 1.82) is 0 Å². The van der Waals surface area contributed by atoms with Crippen LogP contribution in [-0.4, -0.2) is 64.6 Å². The first-order valence-corrected chi connectivity index (χ1v) is 8.94. The van der Waals surface area contributed by atoms with Gasteiger partial charge in [-0.25, -0.2) is 0 Å². The van der Waals surface area contributed by atoms with E-state index in [1.54, 1.807) is 6.07 Å². The summed E-state index contributed by atoms with van der Waals surface area (Å²) in [4.78, 5) is 16.9. The lowest BCUT2D eigenvalue weighted by Gasteiger charge is -2.33. The molecule has 0 atom stereocenters. The molecule has 116 valence electrons. The van der Waals surface area contributed by atoms with Gasteiger partial charge in [-0.2, -0.15) is 11.8 Å². The summed E-state index contributed by atoms with van der Waals surface area (Å²) in [5.41, 5.74) is 0.440. The third kappa shape index (κ3) is 3.61. The van der Waals surface area contributed by atoms with Gasteiger partial charge in [0.05, 0.1) is 0 Å². The number of nitrogens with zero attached hydrogens (tertiary/aromatic N) is 3. The first-order valence-electron chi connectivity index (χ1n) is 7.78. The Morgan fingerprint density at radius 3 is 2.81 bits per heavy atom. The SMILES string of the molecule is Cc1cc(C(=O)N2CCCN(C3CCSCC3)CC2)no1. The summed E-state index contributed by atoms with van der Waals surface area (Å²) in [6.07, 6.45) is 3.63. The third-order valence-electron chi connectivity index (χ3n) is 4.37. The van der Waals surface area contributed by atoms with E-state index in [1.165, 1.54) is 24.3 Å². The maximum absolute atomic E-state index is 12.4. The van der Waals surface area contributed by atoms with Crippen LogP contribution < -0.4 is 0 Å². The highest BCUT2D eigenvalue weighted by atomic mass is 32.2. The molecule has 6 heteroatoms. The Morgan fingerprint density at radius 1 is 1.29 bits per heavy atom. The topological polar surface area (TPSA) is 49.6 Å². The summed E-state index contributed by atoms with van der Waals surface area (Å²) in [5.74, 6) is 3.26. The molecule has 1 aromatic rings. The summed E-state index contributed by atoms with van der Waals surface area (Å²) in [6.45, 7) is 5.53. The summed E-state index contributed by atoms with van der Waals surface area (Å²) in [7, 11) is 0. The highest BCUT2D eigenvalue weighted by Gasteiger charge is 2.26. The number of amides is 1. The van der Waals surface area contributed by atoms with E-state index in [4.69, 9.17) is 4.52 Å². The van der Waals surface area contributed by atoms with Crippen LogP contribution in [-0.2, 0) is 0 Å². The molecule has 0 aromatic carbocycles. The van der Waals surface area contributed by atoms with Gasteiger partial charge >= 0.3 is 0 Å². The normalized spacial score (nSPS) is 22.2. The number of carbonyl (C=O) groups is 1. The second-order valence-electron chi connectivity index (χ2n) is 5.85. The van der Waals surface area contributed by atoms with Crippen molar-refractivity contribution in [2.24, 2.45) is 0 Å². The van der Waals surface area contributed by atoms with E-state index in [9.17, 15) is 4.79 Å². The second-order valence-corrected chi connectivity index (χ2v) is 7.07. The molecule has 2 fully saturated rings. The Kier molecular flexibility index (Phi) is 4.85. The van der Waals surface area contributed by atoms with Crippen LogP contribution in [0.2, 0.25) is 0 Å². The Bertz CT molecular complexity index is 485.